The van der Waals surface area contributed by atoms with Gasteiger partial charge in [-0.1, -0.05) is 36.0 Å². The highest BCUT2D eigenvalue weighted by Crippen LogP contribution is 2.23. The van der Waals surface area contributed by atoms with Gasteiger partial charge in [-0.3, -0.25) is 14.6 Å². The Hall–Kier alpha value is -3.00. The van der Waals surface area contributed by atoms with Gasteiger partial charge in [0.25, 0.3) is 5.22 Å². The van der Waals surface area contributed by atoms with E-state index >= 15 is 0 Å². The SMILES string of the molecule is CC(=O)N[C@H](C)c1ccc(C(=O)CSc2nnc(-c3cccnc3)o2)cc1. The molecule has 0 aliphatic rings. The van der Waals surface area contributed by atoms with Gasteiger partial charge in [0.05, 0.1) is 17.4 Å². The lowest BCUT2D eigenvalue weighted by atomic mass is 10.0. The molecule has 0 spiro atoms. The van der Waals surface area contributed by atoms with Crippen molar-refractivity contribution in [2.75, 3.05) is 5.75 Å². The second kappa shape index (κ2) is 8.59. The molecule has 27 heavy (non-hydrogen) atoms. The Morgan fingerprint density at radius 1 is 1.19 bits per heavy atom. The van der Waals surface area contributed by atoms with Gasteiger partial charge in [-0.15, -0.1) is 10.2 Å². The van der Waals surface area contributed by atoms with Crippen molar-refractivity contribution in [2.24, 2.45) is 0 Å². The second-order valence-electron chi connectivity index (χ2n) is 5.87. The molecule has 8 heteroatoms. The predicted molar refractivity (Wildman–Crippen MR) is 101 cm³/mol. The van der Waals surface area contributed by atoms with Crippen LogP contribution in [-0.4, -0.2) is 32.6 Å². The summed E-state index contributed by atoms with van der Waals surface area (Å²) in [6.45, 7) is 3.37. The van der Waals surface area contributed by atoms with E-state index in [1.165, 1.54) is 18.7 Å². The van der Waals surface area contributed by atoms with E-state index < -0.39 is 0 Å². The van der Waals surface area contributed by atoms with Gasteiger partial charge in [0.1, 0.15) is 0 Å². The minimum Gasteiger partial charge on any atom is -0.411 e. The smallest absolute Gasteiger partial charge is 0.277 e. The van der Waals surface area contributed by atoms with Crippen LogP contribution >= 0.6 is 11.8 Å². The standard InChI is InChI=1S/C19H18N4O3S/c1-12(21-13(2)24)14-5-7-15(8-6-14)17(25)11-27-19-23-22-18(26-19)16-4-3-9-20-10-16/h3-10,12H,11H2,1-2H3,(H,21,24)/t12-/m1/s1. The molecule has 1 aromatic carbocycles. The second-order valence-corrected chi connectivity index (χ2v) is 6.80. The van der Waals surface area contributed by atoms with Gasteiger partial charge in [-0.2, -0.15) is 0 Å². The zero-order valence-corrected chi connectivity index (χ0v) is 15.7. The molecule has 0 radical (unpaired) electrons. The van der Waals surface area contributed by atoms with E-state index in [1.54, 1.807) is 30.6 Å². The van der Waals surface area contributed by atoms with Gasteiger partial charge < -0.3 is 9.73 Å². The average molecular weight is 382 g/mol. The number of pyridine rings is 1. The van der Waals surface area contributed by atoms with E-state index in [0.29, 0.717) is 16.7 Å². The molecule has 0 aliphatic carbocycles. The summed E-state index contributed by atoms with van der Waals surface area (Å²) in [4.78, 5) is 27.5. The summed E-state index contributed by atoms with van der Waals surface area (Å²) in [5.74, 6) is 0.424. The average Bonchev–Trinajstić information content (AvgIpc) is 3.15. The molecular formula is C19H18N4O3S. The number of carbonyl (C=O) groups is 2. The van der Waals surface area contributed by atoms with Crippen molar-refractivity contribution >= 4 is 23.5 Å². The van der Waals surface area contributed by atoms with Crippen LogP contribution in [0.5, 0.6) is 0 Å². The van der Waals surface area contributed by atoms with Crippen molar-refractivity contribution in [3.8, 4) is 11.5 Å². The fraction of sp³-hybridized carbons (Fsp3) is 0.211. The first kappa shape index (κ1) is 18.8. The number of thioether (sulfide) groups is 1. The van der Waals surface area contributed by atoms with E-state index in [-0.39, 0.29) is 23.5 Å². The minimum atomic E-state index is -0.106. The van der Waals surface area contributed by atoms with E-state index in [1.807, 2.05) is 25.1 Å². The first-order valence-electron chi connectivity index (χ1n) is 8.30. The van der Waals surface area contributed by atoms with Crippen molar-refractivity contribution in [3.05, 3.63) is 59.9 Å². The first-order valence-corrected chi connectivity index (χ1v) is 9.28. The Morgan fingerprint density at radius 2 is 1.96 bits per heavy atom. The number of Topliss-reactive ketones (excluding diaryl/α,β-unsaturated/α-hetero) is 1. The Balaban J connectivity index is 1.58. The van der Waals surface area contributed by atoms with Crippen LogP contribution in [0.3, 0.4) is 0 Å². The van der Waals surface area contributed by atoms with Gasteiger partial charge >= 0.3 is 0 Å². The Kier molecular flexibility index (Phi) is 5.97. The number of nitrogens with zero attached hydrogens (tertiary/aromatic N) is 3. The van der Waals surface area contributed by atoms with Crippen molar-refractivity contribution in [1.29, 1.82) is 0 Å². The molecule has 0 unspecified atom stereocenters. The van der Waals surface area contributed by atoms with Gasteiger partial charge in [0.15, 0.2) is 5.78 Å². The summed E-state index contributed by atoms with van der Waals surface area (Å²) in [6.07, 6.45) is 3.30. The van der Waals surface area contributed by atoms with Crippen LogP contribution in [0.25, 0.3) is 11.5 Å². The molecule has 0 saturated heterocycles. The monoisotopic (exact) mass is 382 g/mol. The normalized spacial score (nSPS) is 11.8. The molecule has 0 aliphatic heterocycles. The number of carbonyl (C=O) groups excluding carboxylic acids is 2. The third-order valence-corrected chi connectivity index (χ3v) is 4.61. The summed E-state index contributed by atoms with van der Waals surface area (Å²) in [5.41, 5.74) is 2.26. The lowest BCUT2D eigenvalue weighted by Gasteiger charge is -2.13. The fourth-order valence-electron chi connectivity index (χ4n) is 2.43. The molecule has 138 valence electrons. The Labute approximate surface area is 160 Å². The maximum absolute atomic E-state index is 12.4. The van der Waals surface area contributed by atoms with Crippen LogP contribution in [-0.2, 0) is 4.79 Å². The molecule has 2 heterocycles. The van der Waals surface area contributed by atoms with Crippen molar-refractivity contribution < 1.29 is 14.0 Å². The van der Waals surface area contributed by atoms with Crippen LogP contribution < -0.4 is 5.32 Å². The van der Waals surface area contributed by atoms with Gasteiger partial charge in [0, 0.05) is 24.9 Å². The largest absolute Gasteiger partial charge is 0.411 e. The number of nitrogens with one attached hydrogen (secondary N) is 1. The zero-order chi connectivity index (χ0) is 19.2. The summed E-state index contributed by atoms with van der Waals surface area (Å²) in [5, 5.41) is 11.1. The van der Waals surface area contributed by atoms with Crippen LogP contribution in [0, 0.1) is 0 Å². The third-order valence-electron chi connectivity index (χ3n) is 3.79. The van der Waals surface area contributed by atoms with Crippen LogP contribution in [0.2, 0.25) is 0 Å². The van der Waals surface area contributed by atoms with E-state index in [4.69, 9.17) is 4.42 Å². The third kappa shape index (κ3) is 5.01. The van der Waals surface area contributed by atoms with Crippen LogP contribution in [0.15, 0.2) is 58.4 Å². The number of ketones is 1. The number of aromatic nitrogens is 3. The molecular weight excluding hydrogens is 364 g/mol. The molecule has 0 saturated carbocycles. The Bertz CT molecular complexity index is 926. The quantitative estimate of drug-likeness (QED) is 0.494. The lowest BCUT2D eigenvalue weighted by molar-refractivity contribution is -0.119. The molecule has 3 aromatic rings. The highest BCUT2D eigenvalue weighted by Gasteiger charge is 2.13. The van der Waals surface area contributed by atoms with Crippen molar-refractivity contribution in [2.45, 2.75) is 25.1 Å². The molecule has 7 nitrogen and oxygen atoms in total. The maximum atomic E-state index is 12.4. The molecule has 0 fully saturated rings. The van der Waals surface area contributed by atoms with Crippen molar-refractivity contribution in [1.82, 2.24) is 20.5 Å². The first-order chi connectivity index (χ1) is 13.0. The van der Waals surface area contributed by atoms with E-state index in [2.05, 4.69) is 20.5 Å². The number of rotatable bonds is 7. The van der Waals surface area contributed by atoms with Crippen LogP contribution in [0.1, 0.15) is 35.8 Å². The van der Waals surface area contributed by atoms with Gasteiger partial charge in [-0.05, 0) is 24.6 Å². The van der Waals surface area contributed by atoms with Gasteiger partial charge in [0.2, 0.25) is 11.8 Å². The highest BCUT2D eigenvalue weighted by atomic mass is 32.2. The van der Waals surface area contributed by atoms with Gasteiger partial charge in [-0.25, -0.2) is 0 Å². The summed E-state index contributed by atoms with van der Waals surface area (Å²) in [6, 6.07) is 10.7. The molecule has 1 amide bonds. The molecule has 3 rings (SSSR count). The number of hydrogen-bond donors (Lipinski definition) is 1. The fourth-order valence-corrected chi connectivity index (χ4v) is 3.09. The zero-order valence-electron chi connectivity index (χ0n) is 14.9. The number of benzene rings is 1. The highest BCUT2D eigenvalue weighted by molar-refractivity contribution is 7.99. The van der Waals surface area contributed by atoms with E-state index in [9.17, 15) is 9.59 Å². The summed E-state index contributed by atoms with van der Waals surface area (Å²) in [7, 11) is 0. The number of amides is 1. The maximum Gasteiger partial charge on any atom is 0.277 e. The molecule has 0 bridgehead atoms. The number of hydrogen-bond acceptors (Lipinski definition) is 7. The van der Waals surface area contributed by atoms with E-state index in [0.717, 1.165) is 11.1 Å². The van der Waals surface area contributed by atoms with Crippen LogP contribution in [0.4, 0.5) is 0 Å². The predicted octanol–water partition coefficient (Wildman–Crippen LogP) is 3.30. The Morgan fingerprint density at radius 3 is 2.63 bits per heavy atom. The molecule has 1 atom stereocenters. The molecule has 1 N–H and O–H groups in total. The lowest BCUT2D eigenvalue weighted by Crippen LogP contribution is -2.23. The molecule has 2 aromatic heterocycles. The summed E-state index contributed by atoms with van der Waals surface area (Å²) >= 11 is 1.19. The minimum absolute atomic E-state index is 0.0418. The summed E-state index contributed by atoms with van der Waals surface area (Å²) < 4.78 is 5.55. The van der Waals surface area contributed by atoms with Crippen molar-refractivity contribution in [3.63, 3.8) is 0 Å². The topological polar surface area (TPSA) is 98.0 Å².